The lowest BCUT2D eigenvalue weighted by atomic mass is 10.1. The number of hydrogen-bond donors (Lipinski definition) is 2. The van der Waals surface area contributed by atoms with Crippen LogP contribution in [0.15, 0.2) is 54.6 Å². The van der Waals surface area contributed by atoms with Gasteiger partial charge in [0, 0.05) is 11.3 Å². The summed E-state index contributed by atoms with van der Waals surface area (Å²) in [4.78, 5) is 24.2. The number of anilines is 1. The van der Waals surface area contributed by atoms with Gasteiger partial charge in [-0.2, -0.15) is 5.10 Å². The smallest absolute Gasteiger partial charge is 0.338 e. The lowest BCUT2D eigenvalue weighted by Crippen LogP contribution is -2.13. The number of ether oxygens (including phenoxy) is 1. The van der Waals surface area contributed by atoms with Gasteiger partial charge in [0.25, 0.3) is 5.91 Å². The molecular weight excluding hydrogens is 330 g/mol. The zero-order valence-electron chi connectivity index (χ0n) is 14.6. The second kappa shape index (κ2) is 7.65. The molecule has 6 nitrogen and oxygen atoms in total. The van der Waals surface area contributed by atoms with Gasteiger partial charge in [-0.3, -0.25) is 9.89 Å². The van der Waals surface area contributed by atoms with Gasteiger partial charge in [0.05, 0.1) is 17.9 Å². The molecular formula is C20H19N3O3. The second-order valence-corrected chi connectivity index (χ2v) is 5.79. The Morgan fingerprint density at radius 1 is 1.12 bits per heavy atom. The number of aromatic nitrogens is 2. The molecule has 0 atom stereocenters. The van der Waals surface area contributed by atoms with Crippen LogP contribution in [0.3, 0.4) is 0 Å². The van der Waals surface area contributed by atoms with Crippen LogP contribution < -0.4 is 5.32 Å². The molecule has 0 fully saturated rings. The normalized spacial score (nSPS) is 10.4. The summed E-state index contributed by atoms with van der Waals surface area (Å²) in [6, 6.07) is 16.2. The minimum Gasteiger partial charge on any atom is -0.462 e. The Bertz CT molecular complexity index is 929. The van der Waals surface area contributed by atoms with Gasteiger partial charge in [-0.15, -0.1) is 0 Å². The summed E-state index contributed by atoms with van der Waals surface area (Å²) in [7, 11) is 0. The highest BCUT2D eigenvalue weighted by Gasteiger charge is 2.13. The highest BCUT2D eigenvalue weighted by molar-refractivity contribution is 6.04. The number of nitrogens with zero attached hydrogens (tertiary/aromatic N) is 1. The molecule has 6 heteroatoms. The van der Waals surface area contributed by atoms with Gasteiger partial charge in [0.2, 0.25) is 0 Å². The molecule has 0 unspecified atom stereocenters. The van der Waals surface area contributed by atoms with Gasteiger partial charge in [0.15, 0.2) is 0 Å². The number of carbonyl (C=O) groups excluding carboxylic acids is 2. The van der Waals surface area contributed by atoms with E-state index in [1.807, 2.05) is 31.2 Å². The van der Waals surface area contributed by atoms with Crippen LogP contribution in [0.2, 0.25) is 0 Å². The SMILES string of the molecule is CCOC(=O)c1cccc(NC(=O)c2cc(-c3ccc(C)cc3)n[nH]2)c1. The van der Waals surface area contributed by atoms with E-state index in [4.69, 9.17) is 4.74 Å². The third-order valence-corrected chi connectivity index (χ3v) is 3.80. The molecule has 0 aliphatic heterocycles. The first-order chi connectivity index (χ1) is 12.6. The van der Waals surface area contributed by atoms with Crippen molar-refractivity contribution in [3.63, 3.8) is 0 Å². The Kier molecular flexibility index (Phi) is 5.12. The molecule has 1 heterocycles. The summed E-state index contributed by atoms with van der Waals surface area (Å²) in [5, 5.41) is 9.68. The highest BCUT2D eigenvalue weighted by Crippen LogP contribution is 2.19. The Balaban J connectivity index is 1.74. The van der Waals surface area contributed by atoms with E-state index in [-0.39, 0.29) is 5.91 Å². The minimum absolute atomic E-state index is 0.297. The van der Waals surface area contributed by atoms with E-state index < -0.39 is 5.97 Å². The number of amides is 1. The van der Waals surface area contributed by atoms with Crippen molar-refractivity contribution in [2.75, 3.05) is 11.9 Å². The molecule has 2 aromatic carbocycles. The van der Waals surface area contributed by atoms with Gasteiger partial charge in [0.1, 0.15) is 5.69 Å². The molecule has 0 aliphatic rings. The maximum atomic E-state index is 12.4. The van der Waals surface area contributed by atoms with Gasteiger partial charge in [-0.1, -0.05) is 35.9 Å². The predicted molar refractivity (Wildman–Crippen MR) is 99.1 cm³/mol. The van der Waals surface area contributed by atoms with Crippen molar-refractivity contribution in [3.8, 4) is 11.3 Å². The average molecular weight is 349 g/mol. The van der Waals surface area contributed by atoms with Crippen molar-refractivity contribution in [2.45, 2.75) is 13.8 Å². The summed E-state index contributed by atoms with van der Waals surface area (Å²) < 4.78 is 4.97. The maximum Gasteiger partial charge on any atom is 0.338 e. The van der Waals surface area contributed by atoms with Crippen LogP contribution in [0.4, 0.5) is 5.69 Å². The van der Waals surface area contributed by atoms with Crippen LogP contribution in [-0.4, -0.2) is 28.7 Å². The number of aromatic amines is 1. The Morgan fingerprint density at radius 3 is 2.62 bits per heavy atom. The fourth-order valence-corrected chi connectivity index (χ4v) is 2.45. The molecule has 132 valence electrons. The van der Waals surface area contributed by atoms with Crippen molar-refractivity contribution < 1.29 is 14.3 Å². The van der Waals surface area contributed by atoms with Crippen LogP contribution in [0, 0.1) is 6.92 Å². The molecule has 0 saturated heterocycles. The average Bonchev–Trinajstić information content (AvgIpc) is 3.13. The summed E-state index contributed by atoms with van der Waals surface area (Å²) in [5.74, 6) is -0.760. The third-order valence-electron chi connectivity index (χ3n) is 3.80. The van der Waals surface area contributed by atoms with Gasteiger partial charge >= 0.3 is 5.97 Å². The van der Waals surface area contributed by atoms with E-state index in [2.05, 4.69) is 15.5 Å². The number of aryl methyl sites for hydroxylation is 1. The molecule has 3 rings (SSSR count). The van der Waals surface area contributed by atoms with E-state index in [0.717, 1.165) is 11.1 Å². The number of hydrogen-bond acceptors (Lipinski definition) is 4. The Morgan fingerprint density at radius 2 is 1.88 bits per heavy atom. The second-order valence-electron chi connectivity index (χ2n) is 5.79. The zero-order valence-corrected chi connectivity index (χ0v) is 14.6. The first-order valence-corrected chi connectivity index (χ1v) is 8.28. The van der Waals surface area contributed by atoms with E-state index in [0.29, 0.717) is 29.2 Å². The van der Waals surface area contributed by atoms with Crippen LogP contribution in [0.5, 0.6) is 0 Å². The predicted octanol–water partition coefficient (Wildman–Crippen LogP) is 3.81. The number of rotatable bonds is 5. The summed E-state index contributed by atoms with van der Waals surface area (Å²) >= 11 is 0. The van der Waals surface area contributed by atoms with Crippen molar-refractivity contribution in [1.29, 1.82) is 0 Å². The third kappa shape index (κ3) is 3.97. The summed E-state index contributed by atoms with van der Waals surface area (Å²) in [6.07, 6.45) is 0. The number of benzene rings is 2. The molecule has 3 aromatic rings. The van der Waals surface area contributed by atoms with Crippen LogP contribution in [0.1, 0.15) is 33.3 Å². The van der Waals surface area contributed by atoms with Crippen molar-refractivity contribution in [1.82, 2.24) is 10.2 Å². The van der Waals surface area contributed by atoms with Crippen molar-refractivity contribution in [3.05, 3.63) is 71.4 Å². The first kappa shape index (κ1) is 17.4. The van der Waals surface area contributed by atoms with Crippen LogP contribution >= 0.6 is 0 Å². The van der Waals surface area contributed by atoms with E-state index >= 15 is 0 Å². The molecule has 0 radical (unpaired) electrons. The van der Waals surface area contributed by atoms with Gasteiger partial charge < -0.3 is 10.1 Å². The highest BCUT2D eigenvalue weighted by atomic mass is 16.5. The lowest BCUT2D eigenvalue weighted by molar-refractivity contribution is 0.0526. The monoisotopic (exact) mass is 349 g/mol. The number of esters is 1. The van der Waals surface area contributed by atoms with E-state index in [1.54, 1.807) is 37.3 Å². The van der Waals surface area contributed by atoms with Crippen molar-refractivity contribution >= 4 is 17.6 Å². The molecule has 1 aromatic heterocycles. The summed E-state index contributed by atoms with van der Waals surface area (Å²) in [5.41, 5.74) is 4.00. The topological polar surface area (TPSA) is 84.1 Å². The van der Waals surface area contributed by atoms with Gasteiger partial charge in [-0.05, 0) is 38.1 Å². The van der Waals surface area contributed by atoms with Gasteiger partial charge in [-0.25, -0.2) is 4.79 Å². The van der Waals surface area contributed by atoms with Crippen molar-refractivity contribution in [2.24, 2.45) is 0 Å². The number of nitrogens with one attached hydrogen (secondary N) is 2. The lowest BCUT2D eigenvalue weighted by Gasteiger charge is -2.06. The molecule has 1 amide bonds. The summed E-state index contributed by atoms with van der Waals surface area (Å²) in [6.45, 7) is 4.05. The molecule has 0 saturated carbocycles. The Labute approximate surface area is 151 Å². The minimum atomic E-state index is -0.424. The number of carbonyl (C=O) groups is 2. The Hall–Kier alpha value is -3.41. The fraction of sp³-hybridized carbons (Fsp3) is 0.150. The molecule has 0 spiro atoms. The molecule has 26 heavy (non-hydrogen) atoms. The quantitative estimate of drug-likeness (QED) is 0.686. The zero-order chi connectivity index (χ0) is 18.5. The molecule has 0 aliphatic carbocycles. The molecule has 0 bridgehead atoms. The van der Waals surface area contributed by atoms with E-state index in [9.17, 15) is 9.59 Å². The first-order valence-electron chi connectivity index (χ1n) is 8.28. The number of H-pyrrole nitrogens is 1. The standard InChI is InChI=1S/C20H19N3O3/c1-3-26-20(25)15-5-4-6-16(11-15)21-19(24)18-12-17(22-23-18)14-9-7-13(2)8-10-14/h4-12H,3H2,1-2H3,(H,21,24)(H,22,23). The largest absolute Gasteiger partial charge is 0.462 e. The van der Waals surface area contributed by atoms with Crippen LogP contribution in [0.25, 0.3) is 11.3 Å². The van der Waals surface area contributed by atoms with E-state index in [1.165, 1.54) is 0 Å². The van der Waals surface area contributed by atoms with Crippen LogP contribution in [-0.2, 0) is 4.74 Å². The maximum absolute atomic E-state index is 12.4. The molecule has 2 N–H and O–H groups in total. The fourth-order valence-electron chi connectivity index (χ4n) is 2.45.